The first-order valence-electron chi connectivity index (χ1n) is 5.53. The lowest BCUT2D eigenvalue weighted by Gasteiger charge is -2.17. The zero-order valence-corrected chi connectivity index (χ0v) is 9.38. The van der Waals surface area contributed by atoms with Gasteiger partial charge in [0.1, 0.15) is 6.04 Å². The average molecular weight is 199 g/mol. The van der Waals surface area contributed by atoms with Crippen molar-refractivity contribution in [3.05, 3.63) is 0 Å². The number of esters is 1. The smallest absolute Gasteiger partial charge is 0.323 e. The van der Waals surface area contributed by atoms with E-state index in [9.17, 15) is 4.79 Å². The number of ether oxygens (including phenoxy) is 1. The zero-order valence-electron chi connectivity index (χ0n) is 9.38. The molecule has 2 unspecified atom stereocenters. The fourth-order valence-electron chi connectivity index (χ4n) is 1.88. The van der Waals surface area contributed by atoms with Crippen LogP contribution >= 0.6 is 0 Å². The van der Waals surface area contributed by atoms with Crippen molar-refractivity contribution < 1.29 is 9.53 Å². The molecule has 1 rings (SSSR count). The summed E-state index contributed by atoms with van der Waals surface area (Å²) in [5.74, 6) is 0.505. The minimum Gasteiger partial charge on any atom is -0.462 e. The van der Waals surface area contributed by atoms with Gasteiger partial charge in [0.15, 0.2) is 0 Å². The maximum absolute atomic E-state index is 11.6. The third-order valence-corrected chi connectivity index (χ3v) is 2.47. The molecule has 1 heterocycles. The standard InChI is InChI=1S/C11H21NO2/c1-8(2)7-9(3)14-11(13)10-5-4-6-12-10/h8-10,12H,4-7H2,1-3H3. The topological polar surface area (TPSA) is 38.3 Å². The molecule has 3 nitrogen and oxygen atoms in total. The first-order valence-corrected chi connectivity index (χ1v) is 5.53. The summed E-state index contributed by atoms with van der Waals surface area (Å²) in [5.41, 5.74) is 0. The fraction of sp³-hybridized carbons (Fsp3) is 0.909. The van der Waals surface area contributed by atoms with Gasteiger partial charge in [0, 0.05) is 0 Å². The molecule has 0 radical (unpaired) electrons. The van der Waals surface area contributed by atoms with Gasteiger partial charge in [0.25, 0.3) is 0 Å². The maximum atomic E-state index is 11.6. The molecule has 0 amide bonds. The molecule has 0 bridgehead atoms. The van der Waals surface area contributed by atoms with Crippen LogP contribution in [0.5, 0.6) is 0 Å². The van der Waals surface area contributed by atoms with Crippen LogP contribution in [-0.2, 0) is 9.53 Å². The molecule has 14 heavy (non-hydrogen) atoms. The highest BCUT2D eigenvalue weighted by Gasteiger charge is 2.24. The van der Waals surface area contributed by atoms with Crippen LogP contribution in [-0.4, -0.2) is 24.7 Å². The maximum Gasteiger partial charge on any atom is 0.323 e. The van der Waals surface area contributed by atoms with E-state index in [0.717, 1.165) is 25.8 Å². The van der Waals surface area contributed by atoms with Crippen LogP contribution in [0.4, 0.5) is 0 Å². The van der Waals surface area contributed by atoms with Gasteiger partial charge in [-0.3, -0.25) is 4.79 Å². The molecule has 1 fully saturated rings. The third-order valence-electron chi connectivity index (χ3n) is 2.47. The van der Waals surface area contributed by atoms with Gasteiger partial charge in [-0.15, -0.1) is 0 Å². The van der Waals surface area contributed by atoms with E-state index < -0.39 is 0 Å². The minimum absolute atomic E-state index is 0.0462. The van der Waals surface area contributed by atoms with Crippen LogP contribution in [0.1, 0.15) is 40.0 Å². The SMILES string of the molecule is CC(C)CC(C)OC(=O)C1CCCN1. The van der Waals surface area contributed by atoms with Crippen molar-refractivity contribution in [2.45, 2.75) is 52.2 Å². The monoisotopic (exact) mass is 199 g/mol. The van der Waals surface area contributed by atoms with Crippen molar-refractivity contribution in [3.8, 4) is 0 Å². The predicted molar refractivity (Wildman–Crippen MR) is 56.0 cm³/mol. The third kappa shape index (κ3) is 3.66. The van der Waals surface area contributed by atoms with Crippen LogP contribution in [0.3, 0.4) is 0 Å². The van der Waals surface area contributed by atoms with Crippen LogP contribution in [0.15, 0.2) is 0 Å². The van der Waals surface area contributed by atoms with E-state index in [-0.39, 0.29) is 18.1 Å². The van der Waals surface area contributed by atoms with Crippen molar-refractivity contribution in [3.63, 3.8) is 0 Å². The second kappa shape index (κ2) is 5.35. The summed E-state index contributed by atoms with van der Waals surface area (Å²) in [6.45, 7) is 7.18. The van der Waals surface area contributed by atoms with Crippen molar-refractivity contribution >= 4 is 5.97 Å². The highest BCUT2D eigenvalue weighted by atomic mass is 16.5. The van der Waals surface area contributed by atoms with Crippen LogP contribution in [0.25, 0.3) is 0 Å². The summed E-state index contributed by atoms with van der Waals surface area (Å²) in [5, 5.41) is 3.14. The molecule has 1 aliphatic heterocycles. The second-order valence-corrected chi connectivity index (χ2v) is 4.53. The lowest BCUT2D eigenvalue weighted by molar-refractivity contribution is -0.151. The summed E-state index contributed by atoms with van der Waals surface area (Å²) >= 11 is 0. The molecule has 1 saturated heterocycles. The number of hydrogen-bond acceptors (Lipinski definition) is 3. The normalized spacial score (nSPS) is 23.9. The van der Waals surface area contributed by atoms with E-state index in [1.165, 1.54) is 0 Å². The van der Waals surface area contributed by atoms with Gasteiger partial charge < -0.3 is 10.1 Å². The molecule has 0 aromatic carbocycles. The number of rotatable bonds is 4. The molecular weight excluding hydrogens is 178 g/mol. The number of hydrogen-bond donors (Lipinski definition) is 1. The summed E-state index contributed by atoms with van der Waals surface area (Å²) in [4.78, 5) is 11.6. The van der Waals surface area contributed by atoms with Gasteiger partial charge in [0.05, 0.1) is 6.10 Å². The Morgan fingerprint density at radius 2 is 2.21 bits per heavy atom. The Labute approximate surface area is 86.2 Å². The van der Waals surface area contributed by atoms with E-state index in [2.05, 4.69) is 19.2 Å². The molecule has 82 valence electrons. The number of carbonyl (C=O) groups excluding carboxylic acids is 1. The molecule has 0 aromatic heterocycles. The van der Waals surface area contributed by atoms with Crippen molar-refractivity contribution in [2.24, 2.45) is 5.92 Å². The average Bonchev–Trinajstić information content (AvgIpc) is 2.53. The second-order valence-electron chi connectivity index (χ2n) is 4.53. The van der Waals surface area contributed by atoms with E-state index >= 15 is 0 Å². The molecule has 1 aliphatic rings. The summed E-state index contributed by atoms with van der Waals surface area (Å²) in [6, 6.07) is -0.0513. The molecule has 3 heteroatoms. The molecule has 0 aliphatic carbocycles. The van der Waals surface area contributed by atoms with Gasteiger partial charge in [-0.05, 0) is 38.6 Å². The van der Waals surface area contributed by atoms with Gasteiger partial charge >= 0.3 is 5.97 Å². The lowest BCUT2D eigenvalue weighted by atomic mass is 10.1. The zero-order chi connectivity index (χ0) is 10.6. The van der Waals surface area contributed by atoms with Crippen molar-refractivity contribution in [1.29, 1.82) is 0 Å². The quantitative estimate of drug-likeness (QED) is 0.701. The van der Waals surface area contributed by atoms with E-state index in [0.29, 0.717) is 5.92 Å². The molecule has 0 aromatic rings. The first-order chi connectivity index (χ1) is 6.59. The highest BCUT2D eigenvalue weighted by molar-refractivity contribution is 5.76. The Balaban J connectivity index is 2.25. The van der Waals surface area contributed by atoms with Gasteiger partial charge in [-0.1, -0.05) is 13.8 Å². The van der Waals surface area contributed by atoms with Crippen LogP contribution < -0.4 is 5.32 Å². The minimum atomic E-state index is -0.0735. The van der Waals surface area contributed by atoms with Crippen molar-refractivity contribution in [2.75, 3.05) is 6.54 Å². The van der Waals surface area contributed by atoms with Gasteiger partial charge in [-0.2, -0.15) is 0 Å². The number of nitrogens with one attached hydrogen (secondary N) is 1. The van der Waals surface area contributed by atoms with Crippen LogP contribution in [0, 0.1) is 5.92 Å². The van der Waals surface area contributed by atoms with Gasteiger partial charge in [0.2, 0.25) is 0 Å². The highest BCUT2D eigenvalue weighted by Crippen LogP contribution is 2.12. The van der Waals surface area contributed by atoms with E-state index in [1.54, 1.807) is 0 Å². The molecule has 0 spiro atoms. The Hall–Kier alpha value is -0.570. The van der Waals surface area contributed by atoms with Crippen molar-refractivity contribution in [1.82, 2.24) is 5.32 Å². The molecular formula is C11H21NO2. The Bertz CT molecular complexity index is 186. The van der Waals surface area contributed by atoms with Crippen LogP contribution in [0.2, 0.25) is 0 Å². The lowest BCUT2D eigenvalue weighted by Crippen LogP contribution is -2.34. The molecule has 1 N–H and O–H groups in total. The Morgan fingerprint density at radius 1 is 1.50 bits per heavy atom. The summed E-state index contributed by atoms with van der Waals surface area (Å²) in [7, 11) is 0. The fourth-order valence-corrected chi connectivity index (χ4v) is 1.88. The molecule has 2 atom stereocenters. The van der Waals surface area contributed by atoms with E-state index in [1.807, 2.05) is 6.92 Å². The Kier molecular flexibility index (Phi) is 4.39. The predicted octanol–water partition coefficient (Wildman–Crippen LogP) is 1.72. The largest absolute Gasteiger partial charge is 0.462 e. The van der Waals surface area contributed by atoms with E-state index in [4.69, 9.17) is 4.74 Å². The Morgan fingerprint density at radius 3 is 2.71 bits per heavy atom. The first kappa shape index (κ1) is 11.5. The number of carbonyl (C=O) groups is 1. The molecule has 0 saturated carbocycles. The van der Waals surface area contributed by atoms with Gasteiger partial charge in [-0.25, -0.2) is 0 Å². The summed E-state index contributed by atoms with van der Waals surface area (Å²) in [6.07, 6.45) is 2.99. The summed E-state index contributed by atoms with van der Waals surface area (Å²) < 4.78 is 5.34.